The first-order valence-electron chi connectivity index (χ1n) is 5.43. The van der Waals surface area contributed by atoms with Crippen molar-refractivity contribution in [2.45, 2.75) is 24.7 Å². The van der Waals surface area contributed by atoms with E-state index in [4.69, 9.17) is 5.73 Å². The summed E-state index contributed by atoms with van der Waals surface area (Å²) in [4.78, 5) is 11.5. The zero-order valence-electron chi connectivity index (χ0n) is 9.17. The predicted molar refractivity (Wildman–Crippen MR) is 56.9 cm³/mol. The molecule has 1 amide bonds. The fourth-order valence-electron chi connectivity index (χ4n) is 1.43. The van der Waals surface area contributed by atoms with Gasteiger partial charge in [-0.1, -0.05) is 0 Å². The lowest BCUT2D eigenvalue weighted by Crippen LogP contribution is -2.41. The molecule has 0 spiro atoms. The molecule has 1 aromatic rings. The van der Waals surface area contributed by atoms with E-state index in [9.17, 15) is 13.6 Å². The van der Waals surface area contributed by atoms with Crippen molar-refractivity contribution in [3.05, 3.63) is 17.5 Å². The van der Waals surface area contributed by atoms with Gasteiger partial charge in [0, 0.05) is 11.6 Å². The molecule has 5 nitrogen and oxygen atoms in total. The minimum atomic E-state index is -3.08. The van der Waals surface area contributed by atoms with E-state index >= 15 is 0 Å². The third kappa shape index (κ3) is 3.00. The molecule has 0 aromatic carbocycles. The van der Waals surface area contributed by atoms with Gasteiger partial charge >= 0.3 is 0 Å². The van der Waals surface area contributed by atoms with E-state index in [0.717, 1.165) is 18.5 Å². The number of hydrogen-bond donors (Lipinski definition) is 3. The van der Waals surface area contributed by atoms with Gasteiger partial charge in [-0.2, -0.15) is 5.10 Å². The Labute approximate surface area is 96.8 Å². The Morgan fingerprint density at radius 1 is 1.65 bits per heavy atom. The first-order valence-corrected chi connectivity index (χ1v) is 5.43. The smallest absolute Gasteiger partial charge is 0.277 e. The minimum Gasteiger partial charge on any atom is -0.345 e. The molecule has 94 valence electrons. The second kappa shape index (κ2) is 4.40. The van der Waals surface area contributed by atoms with Gasteiger partial charge < -0.3 is 11.1 Å². The number of amides is 1. The monoisotopic (exact) mass is 244 g/mol. The molecule has 7 heteroatoms. The molecule has 4 N–H and O–H groups in total. The van der Waals surface area contributed by atoms with Crippen molar-refractivity contribution in [3.8, 4) is 0 Å². The molecule has 1 aliphatic carbocycles. The van der Waals surface area contributed by atoms with Crippen LogP contribution in [-0.4, -0.2) is 35.1 Å². The van der Waals surface area contributed by atoms with Crippen LogP contribution in [0.1, 0.15) is 34.9 Å². The largest absolute Gasteiger partial charge is 0.345 e. The number of nitrogens with one attached hydrogen (secondary N) is 2. The second-order valence-electron chi connectivity index (χ2n) is 4.23. The SMILES string of the molecule is NCC(F)(F)CNC(=O)c1cc(C2CC2)[nH]n1. The summed E-state index contributed by atoms with van der Waals surface area (Å²) in [7, 11) is 0. The molecule has 0 atom stereocenters. The van der Waals surface area contributed by atoms with E-state index in [1.807, 2.05) is 0 Å². The molecule has 0 aliphatic heterocycles. The molecule has 0 unspecified atom stereocenters. The Bertz CT molecular complexity index is 414. The van der Waals surface area contributed by atoms with Gasteiger partial charge in [0.2, 0.25) is 0 Å². The number of nitrogens with two attached hydrogens (primary N) is 1. The summed E-state index contributed by atoms with van der Waals surface area (Å²) in [5.41, 5.74) is 5.89. The molecule has 1 heterocycles. The number of rotatable bonds is 5. The van der Waals surface area contributed by atoms with Gasteiger partial charge in [0.1, 0.15) is 5.69 Å². The van der Waals surface area contributed by atoms with Gasteiger partial charge in [-0.25, -0.2) is 8.78 Å². The molecule has 0 saturated heterocycles. The first-order chi connectivity index (χ1) is 8.02. The van der Waals surface area contributed by atoms with E-state index in [1.165, 1.54) is 0 Å². The van der Waals surface area contributed by atoms with Gasteiger partial charge in [-0.3, -0.25) is 9.89 Å². The fraction of sp³-hybridized carbons (Fsp3) is 0.600. The standard InChI is InChI=1S/C10H14F2N4O/c11-10(12,4-13)5-14-9(17)8-3-7(15-16-8)6-1-2-6/h3,6H,1-2,4-5,13H2,(H,14,17)(H,15,16). The fourth-order valence-corrected chi connectivity index (χ4v) is 1.43. The highest BCUT2D eigenvalue weighted by Crippen LogP contribution is 2.38. The number of halogens is 2. The zero-order chi connectivity index (χ0) is 12.5. The van der Waals surface area contributed by atoms with Crippen LogP contribution in [-0.2, 0) is 0 Å². The highest BCUT2D eigenvalue weighted by molar-refractivity contribution is 5.92. The number of alkyl halides is 2. The summed E-state index contributed by atoms with van der Waals surface area (Å²) in [6, 6.07) is 1.60. The van der Waals surface area contributed by atoms with Crippen LogP contribution in [0.5, 0.6) is 0 Å². The third-order valence-corrected chi connectivity index (χ3v) is 2.65. The first kappa shape index (κ1) is 12.0. The van der Waals surface area contributed by atoms with Crippen LogP contribution in [0.15, 0.2) is 6.07 Å². The quantitative estimate of drug-likeness (QED) is 0.709. The van der Waals surface area contributed by atoms with Crippen LogP contribution in [0, 0.1) is 0 Å². The molecular weight excluding hydrogens is 230 g/mol. The van der Waals surface area contributed by atoms with E-state index in [0.29, 0.717) is 5.92 Å². The van der Waals surface area contributed by atoms with E-state index < -0.39 is 24.9 Å². The Morgan fingerprint density at radius 2 is 2.35 bits per heavy atom. The molecule has 17 heavy (non-hydrogen) atoms. The maximum Gasteiger partial charge on any atom is 0.277 e. The molecule has 1 aliphatic rings. The topological polar surface area (TPSA) is 83.8 Å². The van der Waals surface area contributed by atoms with Crippen LogP contribution in [0.3, 0.4) is 0 Å². The predicted octanol–water partition coefficient (Wildman–Crippen LogP) is 0.611. The number of aromatic amines is 1. The number of carbonyl (C=O) groups excluding carboxylic acids is 1. The summed E-state index contributed by atoms with van der Waals surface area (Å²) >= 11 is 0. The number of hydrogen-bond acceptors (Lipinski definition) is 3. The van der Waals surface area contributed by atoms with Crippen molar-refractivity contribution in [2.75, 3.05) is 13.1 Å². The van der Waals surface area contributed by atoms with E-state index in [1.54, 1.807) is 6.07 Å². The van der Waals surface area contributed by atoms with Crippen molar-refractivity contribution in [3.63, 3.8) is 0 Å². The van der Waals surface area contributed by atoms with Gasteiger partial charge in [0.15, 0.2) is 0 Å². The molecule has 0 bridgehead atoms. The maximum absolute atomic E-state index is 12.8. The number of nitrogens with zero attached hydrogens (tertiary/aromatic N) is 1. The van der Waals surface area contributed by atoms with Gasteiger partial charge in [-0.15, -0.1) is 0 Å². The molecule has 1 aromatic heterocycles. The molecule has 1 fully saturated rings. The Morgan fingerprint density at radius 3 is 2.94 bits per heavy atom. The maximum atomic E-state index is 12.8. The minimum absolute atomic E-state index is 0.139. The third-order valence-electron chi connectivity index (χ3n) is 2.65. The lowest BCUT2D eigenvalue weighted by molar-refractivity contribution is 0.0118. The Kier molecular flexibility index (Phi) is 3.10. The van der Waals surface area contributed by atoms with Crippen molar-refractivity contribution >= 4 is 5.91 Å². The normalized spacial score (nSPS) is 15.9. The average Bonchev–Trinajstić information content (AvgIpc) is 3.04. The van der Waals surface area contributed by atoms with Gasteiger partial charge in [0.05, 0.1) is 13.1 Å². The summed E-state index contributed by atoms with van der Waals surface area (Å²) in [6.07, 6.45) is 2.16. The van der Waals surface area contributed by atoms with Crippen LogP contribution >= 0.6 is 0 Å². The summed E-state index contributed by atoms with van der Waals surface area (Å²) in [6.45, 7) is -1.56. The number of H-pyrrole nitrogens is 1. The molecular formula is C10H14F2N4O. The molecule has 0 radical (unpaired) electrons. The Balaban J connectivity index is 1.90. The number of aromatic nitrogens is 2. The van der Waals surface area contributed by atoms with Crippen LogP contribution < -0.4 is 11.1 Å². The van der Waals surface area contributed by atoms with E-state index in [2.05, 4.69) is 15.5 Å². The van der Waals surface area contributed by atoms with Gasteiger partial charge in [-0.05, 0) is 18.9 Å². The Hall–Kier alpha value is -1.50. The summed E-state index contributed by atoms with van der Waals surface area (Å²) in [5, 5.41) is 8.64. The number of carbonyl (C=O) groups is 1. The zero-order valence-corrected chi connectivity index (χ0v) is 9.17. The molecule has 1 saturated carbocycles. The van der Waals surface area contributed by atoms with Crippen LogP contribution in [0.2, 0.25) is 0 Å². The van der Waals surface area contributed by atoms with Crippen molar-refractivity contribution in [1.29, 1.82) is 0 Å². The lowest BCUT2D eigenvalue weighted by atomic mass is 10.2. The molecule has 2 rings (SSSR count). The highest BCUT2D eigenvalue weighted by Gasteiger charge is 2.29. The summed E-state index contributed by atoms with van der Waals surface area (Å²) in [5.74, 6) is -3.25. The highest BCUT2D eigenvalue weighted by atomic mass is 19.3. The van der Waals surface area contributed by atoms with Crippen molar-refractivity contribution < 1.29 is 13.6 Å². The van der Waals surface area contributed by atoms with Gasteiger partial charge in [0.25, 0.3) is 11.8 Å². The van der Waals surface area contributed by atoms with Crippen LogP contribution in [0.4, 0.5) is 8.78 Å². The van der Waals surface area contributed by atoms with Crippen molar-refractivity contribution in [1.82, 2.24) is 15.5 Å². The van der Waals surface area contributed by atoms with E-state index in [-0.39, 0.29) is 5.69 Å². The van der Waals surface area contributed by atoms with Crippen LogP contribution in [0.25, 0.3) is 0 Å². The lowest BCUT2D eigenvalue weighted by Gasteiger charge is -2.13. The average molecular weight is 244 g/mol. The second-order valence-corrected chi connectivity index (χ2v) is 4.23. The summed E-state index contributed by atoms with van der Waals surface area (Å²) < 4.78 is 25.6. The van der Waals surface area contributed by atoms with Crippen molar-refractivity contribution in [2.24, 2.45) is 5.73 Å².